The maximum absolute atomic E-state index is 8.61. The molecular weight excluding hydrogens is 206 g/mol. The third kappa shape index (κ3) is 8.51. The summed E-state index contributed by atoms with van der Waals surface area (Å²) < 4.78 is 0. The van der Waals surface area contributed by atoms with E-state index in [2.05, 4.69) is 58.9 Å². The number of hydrogen-bond donors (Lipinski definition) is 0. The predicted molar refractivity (Wildman–Crippen MR) is 75.6 cm³/mol. The molecule has 0 amide bonds. The molecule has 0 saturated heterocycles. The van der Waals surface area contributed by atoms with Crippen LogP contribution in [0.15, 0.2) is 34.9 Å². The van der Waals surface area contributed by atoms with E-state index in [0.717, 1.165) is 12.8 Å². The highest BCUT2D eigenvalue weighted by Crippen LogP contribution is 2.22. The second-order valence-corrected chi connectivity index (χ2v) is 5.04. The largest absolute Gasteiger partial charge is 0.198 e. The molecule has 0 bridgehead atoms. The van der Waals surface area contributed by atoms with Gasteiger partial charge in [-0.3, -0.25) is 0 Å². The normalized spacial score (nSPS) is 11.0. The van der Waals surface area contributed by atoms with Crippen molar-refractivity contribution < 1.29 is 0 Å². The highest BCUT2D eigenvalue weighted by atomic mass is 14.2. The molecule has 0 N–H and O–H groups in total. The zero-order valence-corrected chi connectivity index (χ0v) is 11.9. The molecule has 1 nitrogen and oxygen atoms in total. The summed E-state index contributed by atoms with van der Waals surface area (Å²) >= 11 is 0. The van der Waals surface area contributed by atoms with E-state index in [9.17, 15) is 0 Å². The van der Waals surface area contributed by atoms with Crippen LogP contribution in [-0.4, -0.2) is 0 Å². The first kappa shape index (κ1) is 15.7. The van der Waals surface area contributed by atoms with Crippen LogP contribution in [0.2, 0.25) is 0 Å². The lowest BCUT2D eigenvalue weighted by molar-refractivity contribution is 0.627. The first-order valence-electron chi connectivity index (χ1n) is 6.27. The summed E-state index contributed by atoms with van der Waals surface area (Å²) in [6.07, 6.45) is 9.29. The average molecular weight is 231 g/mol. The number of nitrogens with zero attached hydrogens (tertiary/aromatic N) is 1. The van der Waals surface area contributed by atoms with Crippen molar-refractivity contribution >= 4 is 0 Å². The standard InChI is InChI=1S/C16H25N/c1-13(2)8-10-16(11-9-14(3)4)15(5)7-6-12-17/h7-9,16H,6,10-11H2,1-5H3/b15-7-. The van der Waals surface area contributed by atoms with Crippen LogP contribution in [0.5, 0.6) is 0 Å². The highest BCUT2D eigenvalue weighted by Gasteiger charge is 2.07. The predicted octanol–water partition coefficient (Wildman–Crippen LogP) is 5.18. The molecule has 0 aromatic rings. The fourth-order valence-corrected chi connectivity index (χ4v) is 1.60. The minimum atomic E-state index is 0.520. The fourth-order valence-electron chi connectivity index (χ4n) is 1.60. The van der Waals surface area contributed by atoms with Gasteiger partial charge in [-0.2, -0.15) is 5.26 Å². The van der Waals surface area contributed by atoms with Crippen molar-refractivity contribution in [2.45, 2.75) is 53.9 Å². The van der Waals surface area contributed by atoms with Crippen molar-refractivity contribution in [3.05, 3.63) is 34.9 Å². The molecule has 0 aromatic carbocycles. The van der Waals surface area contributed by atoms with Crippen molar-refractivity contribution in [1.29, 1.82) is 5.26 Å². The quantitative estimate of drug-likeness (QED) is 0.578. The average Bonchev–Trinajstić information content (AvgIpc) is 2.25. The molecule has 0 unspecified atom stereocenters. The molecule has 0 heterocycles. The molecule has 0 radical (unpaired) electrons. The van der Waals surface area contributed by atoms with Crippen LogP contribution in [0.4, 0.5) is 0 Å². The minimum absolute atomic E-state index is 0.520. The molecular formula is C16H25N. The zero-order chi connectivity index (χ0) is 13.3. The van der Waals surface area contributed by atoms with Gasteiger partial charge in [-0.15, -0.1) is 0 Å². The molecule has 0 aliphatic heterocycles. The summed E-state index contributed by atoms with van der Waals surface area (Å²) in [4.78, 5) is 0. The fraction of sp³-hybridized carbons (Fsp3) is 0.562. The Morgan fingerprint density at radius 1 is 0.941 bits per heavy atom. The molecule has 0 fully saturated rings. The Balaban J connectivity index is 4.67. The van der Waals surface area contributed by atoms with Crippen molar-refractivity contribution in [3.63, 3.8) is 0 Å². The Morgan fingerprint density at radius 2 is 1.41 bits per heavy atom. The van der Waals surface area contributed by atoms with E-state index in [-0.39, 0.29) is 0 Å². The van der Waals surface area contributed by atoms with Gasteiger partial charge in [0.15, 0.2) is 0 Å². The Kier molecular flexibility index (Phi) is 8.15. The maximum Gasteiger partial charge on any atom is 0.0663 e. The Hall–Kier alpha value is -1.29. The van der Waals surface area contributed by atoms with Gasteiger partial charge in [0, 0.05) is 0 Å². The van der Waals surface area contributed by atoms with Crippen LogP contribution in [-0.2, 0) is 0 Å². The van der Waals surface area contributed by atoms with Crippen molar-refractivity contribution in [1.82, 2.24) is 0 Å². The molecule has 0 spiro atoms. The topological polar surface area (TPSA) is 23.8 Å². The van der Waals surface area contributed by atoms with Crippen molar-refractivity contribution in [2.75, 3.05) is 0 Å². The molecule has 17 heavy (non-hydrogen) atoms. The van der Waals surface area contributed by atoms with Gasteiger partial charge in [-0.05, 0) is 53.4 Å². The van der Waals surface area contributed by atoms with Gasteiger partial charge in [-0.25, -0.2) is 0 Å². The van der Waals surface area contributed by atoms with Gasteiger partial charge in [0.2, 0.25) is 0 Å². The molecule has 0 saturated carbocycles. The number of hydrogen-bond acceptors (Lipinski definition) is 1. The van der Waals surface area contributed by atoms with E-state index in [1.165, 1.54) is 16.7 Å². The first-order valence-corrected chi connectivity index (χ1v) is 6.27. The van der Waals surface area contributed by atoms with E-state index in [1.54, 1.807) is 0 Å². The summed E-state index contributed by atoms with van der Waals surface area (Å²) in [7, 11) is 0. The van der Waals surface area contributed by atoms with Gasteiger partial charge in [0.25, 0.3) is 0 Å². The summed E-state index contributed by atoms with van der Waals surface area (Å²) in [5, 5.41) is 8.61. The van der Waals surface area contributed by atoms with Crippen LogP contribution >= 0.6 is 0 Å². The van der Waals surface area contributed by atoms with E-state index in [1.807, 2.05) is 0 Å². The zero-order valence-electron chi connectivity index (χ0n) is 11.9. The molecule has 0 atom stereocenters. The third-order valence-electron chi connectivity index (χ3n) is 2.78. The number of rotatable bonds is 6. The lowest BCUT2D eigenvalue weighted by Crippen LogP contribution is -2.00. The molecule has 0 aromatic heterocycles. The lowest BCUT2D eigenvalue weighted by atomic mass is 9.91. The van der Waals surface area contributed by atoms with Crippen LogP contribution in [0.1, 0.15) is 53.9 Å². The second-order valence-electron chi connectivity index (χ2n) is 5.04. The monoisotopic (exact) mass is 231 g/mol. The number of allylic oxidation sites excluding steroid dienone is 6. The molecule has 1 heteroatoms. The van der Waals surface area contributed by atoms with Gasteiger partial charge in [0.1, 0.15) is 0 Å². The minimum Gasteiger partial charge on any atom is -0.198 e. The molecule has 0 aliphatic rings. The Labute approximate surface area is 107 Å². The SMILES string of the molecule is CC(C)=CCC(CC=C(C)C)/C(C)=C\CC#N. The van der Waals surface area contributed by atoms with Crippen molar-refractivity contribution in [2.24, 2.45) is 5.92 Å². The van der Waals surface area contributed by atoms with Crippen LogP contribution in [0, 0.1) is 17.2 Å². The Bertz CT molecular complexity index is 322. The lowest BCUT2D eigenvalue weighted by Gasteiger charge is -2.14. The van der Waals surface area contributed by atoms with Gasteiger partial charge in [-0.1, -0.05) is 34.9 Å². The van der Waals surface area contributed by atoms with E-state index in [0.29, 0.717) is 12.3 Å². The molecule has 0 rings (SSSR count). The van der Waals surface area contributed by atoms with Crippen molar-refractivity contribution in [3.8, 4) is 6.07 Å². The second kappa shape index (κ2) is 8.82. The first-order chi connectivity index (χ1) is 7.97. The molecule has 0 aliphatic carbocycles. The summed E-state index contributed by atoms with van der Waals surface area (Å²) in [5.41, 5.74) is 4.06. The van der Waals surface area contributed by atoms with E-state index in [4.69, 9.17) is 5.26 Å². The van der Waals surface area contributed by atoms with E-state index < -0.39 is 0 Å². The maximum atomic E-state index is 8.61. The molecule has 94 valence electrons. The third-order valence-corrected chi connectivity index (χ3v) is 2.78. The summed E-state index contributed by atoms with van der Waals surface area (Å²) in [6, 6.07) is 2.18. The smallest absolute Gasteiger partial charge is 0.0663 e. The summed E-state index contributed by atoms with van der Waals surface area (Å²) in [6.45, 7) is 10.7. The van der Waals surface area contributed by atoms with Gasteiger partial charge < -0.3 is 0 Å². The number of nitriles is 1. The van der Waals surface area contributed by atoms with Crippen LogP contribution in [0.3, 0.4) is 0 Å². The highest BCUT2D eigenvalue weighted by molar-refractivity contribution is 5.11. The Morgan fingerprint density at radius 3 is 1.76 bits per heavy atom. The summed E-state index contributed by atoms with van der Waals surface area (Å²) in [5.74, 6) is 0.535. The van der Waals surface area contributed by atoms with Gasteiger partial charge in [0.05, 0.1) is 12.5 Å². The van der Waals surface area contributed by atoms with Crippen LogP contribution in [0.25, 0.3) is 0 Å². The van der Waals surface area contributed by atoms with Gasteiger partial charge >= 0.3 is 0 Å². The van der Waals surface area contributed by atoms with Crippen LogP contribution < -0.4 is 0 Å². The van der Waals surface area contributed by atoms with E-state index >= 15 is 0 Å².